The van der Waals surface area contributed by atoms with Crippen molar-refractivity contribution in [3.05, 3.63) is 54.6 Å². The number of aromatic amines is 1. The van der Waals surface area contributed by atoms with Gasteiger partial charge in [0.25, 0.3) is 0 Å². The Morgan fingerprint density at radius 1 is 0.468 bits per heavy atom. The molecule has 0 saturated heterocycles. The van der Waals surface area contributed by atoms with Crippen LogP contribution in [-0.4, -0.2) is 4.98 Å². The highest BCUT2D eigenvalue weighted by molar-refractivity contribution is 5.15. The first kappa shape index (κ1) is 41.6. The van der Waals surface area contributed by atoms with Gasteiger partial charge in [0, 0.05) is 5.92 Å². The molecular formula is C45H81N2+. The highest BCUT2D eigenvalue weighted by Crippen LogP contribution is 2.29. The van der Waals surface area contributed by atoms with Crippen molar-refractivity contribution in [3.8, 4) is 0 Å². The standard InChI is InChI=1S/C45H80N2/c1-3-5-7-9-11-13-15-17-18-19-21-22-24-26-28-33-37-44(41-43-35-31-30-32-36-43)45(47-40-39-46-42-47)38-34-29-27-25-23-20-16-14-12-10-8-6-4-2/h30-32,35-36,39-40,42,44-45H,3-29,33-34,37-38,41H2,1-2H3/p+1. The van der Waals surface area contributed by atoms with Gasteiger partial charge in [0.15, 0.2) is 0 Å². The van der Waals surface area contributed by atoms with Crippen LogP contribution in [0.5, 0.6) is 0 Å². The molecule has 0 saturated carbocycles. The van der Waals surface area contributed by atoms with Crippen LogP contribution >= 0.6 is 0 Å². The first-order valence-corrected chi connectivity index (χ1v) is 21.4. The summed E-state index contributed by atoms with van der Waals surface area (Å²) in [6, 6.07) is 11.9. The van der Waals surface area contributed by atoms with Crippen molar-refractivity contribution in [2.24, 2.45) is 5.92 Å². The van der Waals surface area contributed by atoms with Gasteiger partial charge in [-0.2, -0.15) is 0 Å². The van der Waals surface area contributed by atoms with E-state index in [1.54, 1.807) is 0 Å². The molecule has 2 nitrogen and oxygen atoms in total. The molecule has 0 spiro atoms. The van der Waals surface area contributed by atoms with Crippen LogP contribution in [0.2, 0.25) is 0 Å². The van der Waals surface area contributed by atoms with Gasteiger partial charge in [0.05, 0.1) is 0 Å². The van der Waals surface area contributed by atoms with Crippen molar-refractivity contribution in [2.75, 3.05) is 0 Å². The van der Waals surface area contributed by atoms with E-state index in [1.807, 2.05) is 0 Å². The van der Waals surface area contributed by atoms with Crippen LogP contribution in [0.25, 0.3) is 0 Å². The summed E-state index contributed by atoms with van der Waals surface area (Å²) in [5.41, 5.74) is 1.51. The van der Waals surface area contributed by atoms with Gasteiger partial charge in [-0.3, -0.25) is 4.98 Å². The fourth-order valence-corrected chi connectivity index (χ4v) is 7.81. The molecule has 0 bridgehead atoms. The number of H-pyrrole nitrogens is 1. The zero-order chi connectivity index (χ0) is 33.3. The summed E-state index contributed by atoms with van der Waals surface area (Å²) in [5, 5.41) is 0. The van der Waals surface area contributed by atoms with Crippen LogP contribution in [0.15, 0.2) is 49.1 Å². The van der Waals surface area contributed by atoms with Crippen LogP contribution in [-0.2, 0) is 6.42 Å². The average molecular weight is 650 g/mol. The van der Waals surface area contributed by atoms with Gasteiger partial charge < -0.3 is 0 Å². The maximum atomic E-state index is 3.36. The molecule has 0 aliphatic rings. The summed E-state index contributed by atoms with van der Waals surface area (Å²) >= 11 is 0. The molecule has 1 heterocycles. The van der Waals surface area contributed by atoms with Crippen molar-refractivity contribution in [1.29, 1.82) is 0 Å². The molecule has 0 aliphatic heterocycles. The Morgan fingerprint density at radius 3 is 1.23 bits per heavy atom. The van der Waals surface area contributed by atoms with E-state index in [4.69, 9.17) is 0 Å². The number of aromatic nitrogens is 2. The van der Waals surface area contributed by atoms with Crippen molar-refractivity contribution in [2.45, 2.75) is 225 Å². The predicted octanol–water partition coefficient (Wildman–Crippen LogP) is 14.8. The van der Waals surface area contributed by atoms with Crippen molar-refractivity contribution < 1.29 is 4.57 Å². The van der Waals surface area contributed by atoms with E-state index >= 15 is 0 Å². The Kier molecular flexibility index (Phi) is 28.0. The minimum Gasteiger partial charge on any atom is -0.250 e. The summed E-state index contributed by atoms with van der Waals surface area (Å²) < 4.78 is 2.51. The van der Waals surface area contributed by atoms with Crippen LogP contribution in [0.4, 0.5) is 0 Å². The Balaban J connectivity index is 1.63. The number of nitrogens with one attached hydrogen (secondary N) is 1. The second-order valence-electron chi connectivity index (χ2n) is 15.2. The molecule has 2 heteroatoms. The molecule has 47 heavy (non-hydrogen) atoms. The van der Waals surface area contributed by atoms with Crippen LogP contribution in [0, 0.1) is 5.92 Å². The zero-order valence-corrected chi connectivity index (χ0v) is 31.8. The maximum Gasteiger partial charge on any atom is 0.241 e. The van der Waals surface area contributed by atoms with E-state index < -0.39 is 0 Å². The number of imidazole rings is 1. The second-order valence-corrected chi connectivity index (χ2v) is 15.2. The SMILES string of the molecule is CCCCCCCCCCCCCCCCCCC(Cc1ccccc1)C(CCCCCCCCCCCCCCC)[n+]1cc[nH]c1. The van der Waals surface area contributed by atoms with Gasteiger partial charge in [-0.15, -0.1) is 0 Å². The normalized spacial score (nSPS) is 12.9. The van der Waals surface area contributed by atoms with E-state index in [0.717, 1.165) is 0 Å². The maximum absolute atomic E-state index is 3.36. The number of benzene rings is 1. The van der Waals surface area contributed by atoms with E-state index in [9.17, 15) is 0 Å². The fourth-order valence-electron chi connectivity index (χ4n) is 7.81. The lowest BCUT2D eigenvalue weighted by atomic mass is 9.84. The molecule has 1 aromatic carbocycles. The smallest absolute Gasteiger partial charge is 0.241 e. The Labute approximate surface area is 294 Å². The minimum absolute atomic E-state index is 0.602. The number of hydrogen-bond acceptors (Lipinski definition) is 0. The highest BCUT2D eigenvalue weighted by atomic mass is 15.1. The molecule has 1 aromatic heterocycles. The van der Waals surface area contributed by atoms with E-state index in [-0.39, 0.29) is 0 Å². The lowest BCUT2D eigenvalue weighted by Crippen LogP contribution is -2.42. The number of hydrogen-bond donors (Lipinski definition) is 1. The van der Waals surface area contributed by atoms with E-state index in [0.29, 0.717) is 12.0 Å². The van der Waals surface area contributed by atoms with Gasteiger partial charge in [-0.05, 0) is 31.2 Å². The third kappa shape index (κ3) is 23.4. The Bertz CT molecular complexity index is 859. The summed E-state index contributed by atoms with van der Waals surface area (Å²) in [5.74, 6) is 0.710. The first-order chi connectivity index (χ1) is 23.3. The lowest BCUT2D eigenvalue weighted by Gasteiger charge is -2.25. The third-order valence-electron chi connectivity index (χ3n) is 10.9. The Morgan fingerprint density at radius 2 is 0.851 bits per heavy atom. The topological polar surface area (TPSA) is 19.7 Å². The average Bonchev–Trinajstić information content (AvgIpc) is 3.63. The molecule has 0 radical (unpaired) electrons. The molecule has 1 N–H and O–H groups in total. The van der Waals surface area contributed by atoms with Gasteiger partial charge in [0.2, 0.25) is 6.33 Å². The summed E-state index contributed by atoms with van der Waals surface area (Å²) in [6.07, 6.45) is 52.2. The summed E-state index contributed by atoms with van der Waals surface area (Å²) in [7, 11) is 0. The monoisotopic (exact) mass is 650 g/mol. The largest absolute Gasteiger partial charge is 0.250 e. The molecule has 2 rings (SSSR count). The van der Waals surface area contributed by atoms with Gasteiger partial charge in [-0.1, -0.05) is 224 Å². The van der Waals surface area contributed by atoms with Crippen LogP contribution in [0.1, 0.15) is 224 Å². The van der Waals surface area contributed by atoms with Gasteiger partial charge >= 0.3 is 0 Å². The third-order valence-corrected chi connectivity index (χ3v) is 10.9. The molecule has 0 amide bonds. The van der Waals surface area contributed by atoms with E-state index in [2.05, 4.69) is 72.5 Å². The second kappa shape index (κ2) is 31.7. The molecule has 0 aliphatic carbocycles. The van der Waals surface area contributed by atoms with Crippen molar-refractivity contribution in [1.82, 2.24) is 4.98 Å². The first-order valence-electron chi connectivity index (χ1n) is 21.4. The number of nitrogens with zero attached hydrogens (tertiary/aromatic N) is 1. The molecule has 2 aromatic rings. The van der Waals surface area contributed by atoms with Crippen molar-refractivity contribution >= 4 is 0 Å². The Hall–Kier alpha value is -1.57. The molecule has 2 atom stereocenters. The quantitative estimate of drug-likeness (QED) is 0.0566. The predicted molar refractivity (Wildman–Crippen MR) is 208 cm³/mol. The van der Waals surface area contributed by atoms with Gasteiger partial charge in [-0.25, -0.2) is 4.57 Å². The van der Waals surface area contributed by atoms with Gasteiger partial charge in [0.1, 0.15) is 18.4 Å². The fraction of sp³-hybridized carbons (Fsp3) is 0.800. The minimum atomic E-state index is 0.602. The molecular weight excluding hydrogens is 569 g/mol. The van der Waals surface area contributed by atoms with E-state index in [1.165, 1.54) is 211 Å². The van der Waals surface area contributed by atoms with Crippen LogP contribution < -0.4 is 4.57 Å². The number of unbranched alkanes of at least 4 members (excludes halogenated alkanes) is 27. The number of rotatable bonds is 35. The lowest BCUT2D eigenvalue weighted by molar-refractivity contribution is -0.730. The molecule has 2 unspecified atom stereocenters. The molecule has 270 valence electrons. The molecule has 0 fully saturated rings. The summed E-state index contributed by atoms with van der Waals surface area (Å²) in [6.45, 7) is 4.62. The van der Waals surface area contributed by atoms with Crippen molar-refractivity contribution in [3.63, 3.8) is 0 Å². The zero-order valence-electron chi connectivity index (χ0n) is 31.8. The summed E-state index contributed by atoms with van der Waals surface area (Å²) in [4.78, 5) is 3.36. The highest BCUT2D eigenvalue weighted by Gasteiger charge is 2.26. The van der Waals surface area contributed by atoms with Crippen LogP contribution in [0.3, 0.4) is 0 Å².